The normalized spacial score (nSPS) is 26.5. The number of amides is 1. The van der Waals surface area contributed by atoms with Gasteiger partial charge in [0.15, 0.2) is 17.9 Å². The first-order valence-electron chi connectivity index (χ1n) is 15.5. The van der Waals surface area contributed by atoms with Gasteiger partial charge in [-0.15, -0.1) is 0 Å². The highest BCUT2D eigenvalue weighted by Gasteiger charge is 2.77. The lowest BCUT2D eigenvalue weighted by Crippen LogP contribution is -2.75. The number of quaternary nitrogens is 1. The molecule has 3 fully saturated rings. The highest BCUT2D eigenvalue weighted by atomic mass is 16.7. The lowest BCUT2D eigenvalue weighted by atomic mass is 9.51. The van der Waals surface area contributed by atoms with Crippen LogP contribution in [0, 0.1) is 5.92 Å². The molecule has 4 heterocycles. The van der Waals surface area contributed by atoms with Crippen LogP contribution in [-0.2, 0) is 30.1 Å². The third-order valence-electron chi connectivity index (χ3n) is 9.75. The second kappa shape index (κ2) is 12.1. The van der Waals surface area contributed by atoms with Crippen molar-refractivity contribution >= 4 is 36.0 Å². The van der Waals surface area contributed by atoms with Crippen molar-refractivity contribution in [3.05, 3.63) is 90.5 Å². The molecular weight excluding hydrogens is 573 g/mol. The average Bonchev–Trinajstić information content (AvgIpc) is 3.40. The maximum absolute atomic E-state index is 14.3. The second-order valence-corrected chi connectivity index (χ2v) is 13.0. The van der Waals surface area contributed by atoms with Gasteiger partial charge in [0.1, 0.15) is 5.69 Å². The number of carbonyl (C=O) groups excluding carboxylic acids is 4. The van der Waals surface area contributed by atoms with Crippen LogP contribution >= 0.6 is 0 Å². The van der Waals surface area contributed by atoms with Gasteiger partial charge in [0.2, 0.25) is 0 Å². The van der Waals surface area contributed by atoms with Crippen LogP contribution in [0.2, 0.25) is 5.82 Å². The fourth-order valence-electron chi connectivity index (χ4n) is 7.56. The van der Waals surface area contributed by atoms with E-state index in [0.717, 1.165) is 11.3 Å². The number of anilines is 1. The van der Waals surface area contributed by atoms with Crippen LogP contribution in [0.1, 0.15) is 42.7 Å². The molecule has 1 N–H and O–H groups in total. The van der Waals surface area contributed by atoms with E-state index < -0.39 is 48.5 Å². The van der Waals surface area contributed by atoms with Crippen molar-refractivity contribution in [2.24, 2.45) is 5.92 Å². The molecule has 0 radical (unpaired) electrons. The summed E-state index contributed by atoms with van der Waals surface area (Å²) < 4.78 is 12.5. The van der Waals surface area contributed by atoms with Crippen molar-refractivity contribution in [1.29, 1.82) is 0 Å². The highest BCUT2D eigenvalue weighted by Crippen LogP contribution is 2.53. The van der Waals surface area contributed by atoms with Gasteiger partial charge >= 0.3 is 18.6 Å². The topological polar surface area (TPSA) is 128 Å². The van der Waals surface area contributed by atoms with Crippen LogP contribution in [0.3, 0.4) is 0 Å². The van der Waals surface area contributed by atoms with Gasteiger partial charge in [-0.05, 0) is 42.3 Å². The highest BCUT2D eigenvalue weighted by molar-refractivity contribution is 6.68. The fraction of sp³-hybridized carbons (Fsp3) is 0.394. The Morgan fingerprint density at radius 3 is 2.18 bits per heavy atom. The van der Waals surface area contributed by atoms with Gasteiger partial charge in [-0.25, -0.2) is 14.6 Å². The zero-order valence-corrected chi connectivity index (χ0v) is 25.7. The standard InChI is InChI=1S/C33H38BN5O6/c1-22(2)16-24(18-30(40)26(17-23-10-6-4-7-11-23)37-31(41)27-19-35-14-15-36-27)34-39(3)28(32(42)44-34)20-38(21-29(39)33(43)45-34)25-12-8-5-9-13-25/h4-15,19,22,24,26,28-29H,16-18,20-21H2,1-3H3,(H,37,41)/t24-,26+,28-,29-,34?,39?/m1/s1. The van der Waals surface area contributed by atoms with Gasteiger partial charge in [-0.1, -0.05) is 68.8 Å². The van der Waals surface area contributed by atoms with Gasteiger partial charge in [0.25, 0.3) is 5.91 Å². The Balaban J connectivity index is 1.32. The smallest absolute Gasteiger partial charge is 0.587 e. The molecule has 0 unspecified atom stereocenters. The summed E-state index contributed by atoms with van der Waals surface area (Å²) in [6, 6.07) is 16.9. The first-order valence-corrected chi connectivity index (χ1v) is 15.5. The summed E-state index contributed by atoms with van der Waals surface area (Å²) in [4.78, 5) is 64.8. The summed E-state index contributed by atoms with van der Waals surface area (Å²) in [7, 11) is 1.88. The molecule has 0 aliphatic carbocycles. The summed E-state index contributed by atoms with van der Waals surface area (Å²) >= 11 is 0. The molecular formula is C33H38BN5O6. The van der Waals surface area contributed by atoms with Crippen molar-refractivity contribution in [1.82, 2.24) is 15.3 Å². The van der Waals surface area contributed by atoms with Crippen LogP contribution in [0.4, 0.5) is 5.69 Å². The van der Waals surface area contributed by atoms with Crippen LogP contribution in [0.5, 0.6) is 0 Å². The maximum Gasteiger partial charge on any atom is 0.587 e. The van der Waals surface area contributed by atoms with E-state index in [2.05, 4.69) is 15.3 Å². The molecule has 3 aliphatic heterocycles. The molecule has 1 amide bonds. The van der Waals surface area contributed by atoms with Crippen molar-refractivity contribution in [2.75, 3.05) is 25.0 Å². The number of benzene rings is 2. The van der Waals surface area contributed by atoms with Crippen LogP contribution in [-0.4, -0.2) is 82.9 Å². The number of rotatable bonds is 11. The van der Waals surface area contributed by atoms with Gasteiger partial charge in [-0.3, -0.25) is 14.6 Å². The van der Waals surface area contributed by atoms with E-state index in [1.807, 2.05) is 86.5 Å². The Kier molecular flexibility index (Phi) is 8.17. The summed E-state index contributed by atoms with van der Waals surface area (Å²) in [6.45, 7) is 2.20. The predicted octanol–water partition coefficient (Wildman–Crippen LogP) is 2.95. The summed E-state index contributed by atoms with van der Waals surface area (Å²) in [5.74, 6) is -2.08. The number of nitrogens with zero attached hydrogens (tertiary/aromatic N) is 4. The third-order valence-corrected chi connectivity index (χ3v) is 9.75. The van der Waals surface area contributed by atoms with Crippen LogP contribution in [0.15, 0.2) is 79.3 Å². The van der Waals surface area contributed by atoms with E-state index in [0.29, 0.717) is 19.5 Å². The molecule has 3 aliphatic rings. The molecule has 2 aromatic carbocycles. The molecule has 0 saturated carbocycles. The van der Waals surface area contributed by atoms with Gasteiger partial charge in [-0.2, -0.15) is 0 Å². The Hall–Kier alpha value is -4.58. The number of piperazine rings is 1. The number of hydrogen-bond acceptors (Lipinski definition) is 9. The molecule has 45 heavy (non-hydrogen) atoms. The van der Waals surface area contributed by atoms with E-state index in [1.165, 1.54) is 18.6 Å². The molecule has 3 aromatic rings. The van der Waals surface area contributed by atoms with E-state index in [9.17, 15) is 19.2 Å². The van der Waals surface area contributed by atoms with Crippen molar-refractivity contribution in [3.63, 3.8) is 0 Å². The molecule has 3 saturated heterocycles. The van der Waals surface area contributed by atoms with E-state index in [-0.39, 0.29) is 34.6 Å². The zero-order valence-electron chi connectivity index (χ0n) is 25.7. The predicted molar refractivity (Wildman–Crippen MR) is 167 cm³/mol. The molecule has 12 heteroatoms. The second-order valence-electron chi connectivity index (χ2n) is 13.0. The maximum atomic E-state index is 14.3. The number of aromatic nitrogens is 2. The molecule has 11 nitrogen and oxygen atoms in total. The van der Waals surface area contributed by atoms with Gasteiger partial charge in [0.05, 0.1) is 25.3 Å². The largest absolute Gasteiger partial charge is 0.600 e. The number of para-hydroxylation sites is 1. The minimum atomic E-state index is -2.58. The summed E-state index contributed by atoms with van der Waals surface area (Å²) in [5.41, 5.74) is 1.88. The van der Waals surface area contributed by atoms with Crippen molar-refractivity contribution in [3.8, 4) is 0 Å². The zero-order chi connectivity index (χ0) is 31.8. The van der Waals surface area contributed by atoms with E-state index in [4.69, 9.17) is 9.31 Å². The minimum absolute atomic E-state index is 0.000975. The van der Waals surface area contributed by atoms with Crippen LogP contribution in [0.25, 0.3) is 0 Å². The van der Waals surface area contributed by atoms with Gasteiger partial charge in [0, 0.05) is 25.1 Å². The first-order chi connectivity index (χ1) is 21.6. The van der Waals surface area contributed by atoms with Gasteiger partial charge < -0.3 is 23.9 Å². The Morgan fingerprint density at radius 2 is 1.60 bits per heavy atom. The Bertz CT molecular complexity index is 1550. The molecule has 0 bridgehead atoms. The fourth-order valence-corrected chi connectivity index (χ4v) is 7.56. The molecule has 234 valence electrons. The number of nitrogens with one attached hydrogen (secondary N) is 1. The first kappa shape index (κ1) is 30.5. The molecule has 4 atom stereocenters. The number of ketones is 1. The number of hydrogen-bond donors (Lipinski definition) is 1. The molecule has 1 aromatic heterocycles. The number of carbonyl (C=O) groups is 4. The SMILES string of the molecule is CC(C)C[C@H](CC(=O)[C@H](Cc1ccccc1)NC(=O)c1cnccn1)[B-]12OC(=O)[C@H]3CN(c4ccccc4)C[C@H](C(=O)O1)[N+]32C. The summed E-state index contributed by atoms with van der Waals surface area (Å²) in [6.07, 6.45) is 4.92. The average molecular weight is 612 g/mol. The lowest BCUT2D eigenvalue weighted by Gasteiger charge is -2.54. The number of Topliss-reactive ketones (excluding diaryl/α,β-unsaturated/α-hetero) is 1. The monoisotopic (exact) mass is 611 g/mol. The van der Waals surface area contributed by atoms with E-state index >= 15 is 0 Å². The minimum Gasteiger partial charge on any atom is -0.600 e. The Labute approximate surface area is 262 Å². The van der Waals surface area contributed by atoms with E-state index in [1.54, 1.807) is 0 Å². The van der Waals surface area contributed by atoms with Crippen LogP contribution < -0.4 is 10.2 Å². The van der Waals surface area contributed by atoms with Crippen molar-refractivity contribution < 1.29 is 32.9 Å². The Morgan fingerprint density at radius 1 is 0.978 bits per heavy atom. The lowest BCUT2D eigenvalue weighted by molar-refractivity contribution is -0.845. The molecule has 6 rings (SSSR count). The quantitative estimate of drug-likeness (QED) is 0.326. The number of likely N-dealkylation sites (N-methyl/N-ethyl adjacent to an activating group) is 1. The summed E-state index contributed by atoms with van der Waals surface area (Å²) in [5, 5.41) is 2.87. The van der Waals surface area contributed by atoms with Crippen molar-refractivity contribution in [2.45, 2.75) is 57.1 Å². The third kappa shape index (κ3) is 5.48. The molecule has 0 spiro atoms.